The summed E-state index contributed by atoms with van der Waals surface area (Å²) in [6.45, 7) is 8.20. The van der Waals surface area contributed by atoms with Crippen LogP contribution in [0.4, 0.5) is 0 Å². The number of nitrogens with zero attached hydrogens (tertiary/aromatic N) is 1. The van der Waals surface area contributed by atoms with Gasteiger partial charge in [-0.1, -0.05) is 37.6 Å². The third kappa shape index (κ3) is 4.89. The molecule has 0 radical (unpaired) electrons. The molecule has 1 aliphatic rings. The lowest BCUT2D eigenvalue weighted by molar-refractivity contribution is 0.0487. The third-order valence-electron chi connectivity index (χ3n) is 5.10. The van der Waals surface area contributed by atoms with Crippen LogP contribution in [0.3, 0.4) is 0 Å². The summed E-state index contributed by atoms with van der Waals surface area (Å²) >= 11 is 7.74. The molecule has 1 N–H and O–H groups in total. The van der Waals surface area contributed by atoms with Gasteiger partial charge in [0.15, 0.2) is 0 Å². The summed E-state index contributed by atoms with van der Waals surface area (Å²) in [6, 6.07) is 7.97. The zero-order valence-corrected chi connectivity index (χ0v) is 17.8. The second kappa shape index (κ2) is 8.72. The van der Waals surface area contributed by atoms with Crippen LogP contribution in [0.2, 0.25) is 5.02 Å². The van der Waals surface area contributed by atoms with Gasteiger partial charge in [0.1, 0.15) is 4.88 Å². The highest BCUT2D eigenvalue weighted by Crippen LogP contribution is 2.35. The van der Waals surface area contributed by atoms with Crippen LogP contribution in [0, 0.1) is 12.8 Å². The SMILES string of the molecule is Cc1nc(CC(C)C)sc1C(=O)NCC1(c2cccc(Cl)c2)CCOCC1. The molecule has 1 amide bonds. The largest absolute Gasteiger partial charge is 0.381 e. The van der Waals surface area contributed by atoms with Crippen molar-refractivity contribution in [2.45, 2.75) is 45.4 Å². The highest BCUT2D eigenvalue weighted by Gasteiger charge is 2.35. The number of hydrogen-bond donors (Lipinski definition) is 1. The van der Waals surface area contributed by atoms with Crippen LogP contribution in [0.5, 0.6) is 0 Å². The average molecular weight is 407 g/mol. The number of rotatable bonds is 6. The van der Waals surface area contributed by atoms with Crippen molar-refractivity contribution >= 4 is 28.8 Å². The molecule has 2 heterocycles. The molecule has 1 aliphatic heterocycles. The van der Waals surface area contributed by atoms with Crippen LogP contribution in [-0.4, -0.2) is 30.6 Å². The number of amides is 1. The molecule has 0 aliphatic carbocycles. The standard InChI is InChI=1S/C21H27ClN2O2S/c1-14(2)11-18-24-15(3)19(27-18)20(25)23-13-21(7-9-26-10-8-21)16-5-4-6-17(22)12-16/h4-6,12,14H,7-11,13H2,1-3H3,(H,23,25). The van der Waals surface area contributed by atoms with E-state index in [2.05, 4.69) is 30.2 Å². The molecule has 27 heavy (non-hydrogen) atoms. The van der Waals surface area contributed by atoms with Gasteiger partial charge in [0, 0.05) is 36.6 Å². The molecule has 3 rings (SSSR count). The van der Waals surface area contributed by atoms with Gasteiger partial charge in [0.2, 0.25) is 0 Å². The van der Waals surface area contributed by atoms with Gasteiger partial charge in [-0.25, -0.2) is 4.98 Å². The van der Waals surface area contributed by atoms with Crippen LogP contribution < -0.4 is 5.32 Å². The van der Waals surface area contributed by atoms with E-state index in [1.54, 1.807) is 0 Å². The van der Waals surface area contributed by atoms with Crippen molar-refractivity contribution in [3.63, 3.8) is 0 Å². The first-order valence-electron chi connectivity index (χ1n) is 9.48. The number of nitrogens with one attached hydrogen (secondary N) is 1. The lowest BCUT2D eigenvalue weighted by Gasteiger charge is -2.38. The fourth-order valence-electron chi connectivity index (χ4n) is 3.58. The Kier molecular flexibility index (Phi) is 6.56. The van der Waals surface area contributed by atoms with E-state index in [4.69, 9.17) is 16.3 Å². The highest BCUT2D eigenvalue weighted by molar-refractivity contribution is 7.13. The number of aromatic nitrogens is 1. The molecule has 6 heteroatoms. The smallest absolute Gasteiger partial charge is 0.263 e. The molecular weight excluding hydrogens is 380 g/mol. The van der Waals surface area contributed by atoms with Gasteiger partial charge in [0.25, 0.3) is 5.91 Å². The molecule has 0 unspecified atom stereocenters. The summed E-state index contributed by atoms with van der Waals surface area (Å²) in [5.41, 5.74) is 1.84. The number of carbonyl (C=O) groups excluding carboxylic acids is 1. The number of carbonyl (C=O) groups is 1. The van der Waals surface area contributed by atoms with Gasteiger partial charge in [-0.2, -0.15) is 0 Å². The molecule has 4 nitrogen and oxygen atoms in total. The predicted molar refractivity (Wildman–Crippen MR) is 111 cm³/mol. The van der Waals surface area contributed by atoms with E-state index < -0.39 is 0 Å². The minimum atomic E-state index is -0.141. The Balaban J connectivity index is 1.76. The Morgan fingerprint density at radius 3 is 2.78 bits per heavy atom. The fraction of sp³-hybridized carbons (Fsp3) is 0.524. The minimum absolute atomic E-state index is 0.0344. The summed E-state index contributed by atoms with van der Waals surface area (Å²) in [7, 11) is 0. The Morgan fingerprint density at radius 2 is 2.11 bits per heavy atom. The number of halogens is 1. The van der Waals surface area contributed by atoms with Crippen molar-refractivity contribution in [1.82, 2.24) is 10.3 Å². The Morgan fingerprint density at radius 1 is 1.37 bits per heavy atom. The van der Waals surface area contributed by atoms with E-state index in [-0.39, 0.29) is 11.3 Å². The van der Waals surface area contributed by atoms with Crippen LogP contribution in [0.1, 0.15) is 52.6 Å². The van der Waals surface area contributed by atoms with E-state index in [9.17, 15) is 4.79 Å². The quantitative estimate of drug-likeness (QED) is 0.750. The van der Waals surface area contributed by atoms with E-state index >= 15 is 0 Å². The molecular formula is C21H27ClN2O2S. The highest BCUT2D eigenvalue weighted by atomic mass is 35.5. The molecule has 0 bridgehead atoms. The zero-order valence-electron chi connectivity index (χ0n) is 16.2. The minimum Gasteiger partial charge on any atom is -0.381 e. The first kappa shape index (κ1) is 20.3. The first-order valence-corrected chi connectivity index (χ1v) is 10.7. The monoisotopic (exact) mass is 406 g/mol. The number of benzene rings is 1. The lowest BCUT2D eigenvalue weighted by atomic mass is 9.74. The first-order chi connectivity index (χ1) is 12.9. The van der Waals surface area contributed by atoms with Crippen LogP contribution in [-0.2, 0) is 16.6 Å². The predicted octanol–water partition coefficient (Wildman–Crippen LogP) is 4.78. The van der Waals surface area contributed by atoms with Crippen molar-refractivity contribution in [3.05, 3.63) is 50.4 Å². The van der Waals surface area contributed by atoms with E-state index in [0.29, 0.717) is 25.7 Å². The molecule has 1 fully saturated rings. The summed E-state index contributed by atoms with van der Waals surface area (Å²) in [4.78, 5) is 18.1. The van der Waals surface area contributed by atoms with E-state index in [1.807, 2.05) is 25.1 Å². The number of thiazole rings is 1. The molecule has 1 aromatic heterocycles. The van der Waals surface area contributed by atoms with E-state index in [1.165, 1.54) is 16.9 Å². The van der Waals surface area contributed by atoms with Crippen molar-refractivity contribution in [2.24, 2.45) is 5.92 Å². The van der Waals surface area contributed by atoms with Gasteiger partial charge in [-0.3, -0.25) is 4.79 Å². The molecule has 2 aromatic rings. The summed E-state index contributed by atoms with van der Waals surface area (Å²) in [6.07, 6.45) is 2.64. The van der Waals surface area contributed by atoms with Gasteiger partial charge < -0.3 is 10.1 Å². The summed E-state index contributed by atoms with van der Waals surface area (Å²) in [5, 5.41) is 4.92. The molecule has 0 atom stereocenters. The van der Waals surface area contributed by atoms with Crippen molar-refractivity contribution in [3.8, 4) is 0 Å². The number of aryl methyl sites for hydroxylation is 1. The number of hydrogen-bond acceptors (Lipinski definition) is 4. The third-order valence-corrected chi connectivity index (χ3v) is 6.52. The molecule has 1 aromatic carbocycles. The second-order valence-corrected chi connectivity index (χ2v) is 9.23. The van der Waals surface area contributed by atoms with E-state index in [0.717, 1.165) is 39.9 Å². The molecule has 0 saturated carbocycles. The van der Waals surface area contributed by atoms with Gasteiger partial charge in [-0.05, 0) is 43.4 Å². The lowest BCUT2D eigenvalue weighted by Crippen LogP contribution is -2.44. The molecule has 0 spiro atoms. The second-order valence-electron chi connectivity index (χ2n) is 7.71. The zero-order chi connectivity index (χ0) is 19.4. The van der Waals surface area contributed by atoms with Gasteiger partial charge in [0.05, 0.1) is 10.7 Å². The topological polar surface area (TPSA) is 51.2 Å². The summed E-state index contributed by atoms with van der Waals surface area (Å²) in [5.74, 6) is 0.493. The van der Waals surface area contributed by atoms with Crippen molar-refractivity contribution in [2.75, 3.05) is 19.8 Å². The molecule has 146 valence electrons. The maximum Gasteiger partial charge on any atom is 0.263 e. The normalized spacial score (nSPS) is 16.5. The van der Waals surface area contributed by atoms with Crippen molar-refractivity contribution in [1.29, 1.82) is 0 Å². The molecule has 1 saturated heterocycles. The summed E-state index contributed by atoms with van der Waals surface area (Å²) < 4.78 is 5.57. The fourth-order valence-corrected chi connectivity index (χ4v) is 4.96. The Hall–Kier alpha value is -1.43. The van der Waals surface area contributed by atoms with Crippen LogP contribution >= 0.6 is 22.9 Å². The Labute approximate surface area is 170 Å². The maximum atomic E-state index is 12.8. The van der Waals surface area contributed by atoms with Crippen molar-refractivity contribution < 1.29 is 9.53 Å². The average Bonchev–Trinajstić information content (AvgIpc) is 3.00. The Bertz CT molecular complexity index is 797. The van der Waals surface area contributed by atoms with Gasteiger partial charge in [-0.15, -0.1) is 11.3 Å². The number of ether oxygens (including phenoxy) is 1. The van der Waals surface area contributed by atoms with Crippen LogP contribution in [0.25, 0.3) is 0 Å². The van der Waals surface area contributed by atoms with Gasteiger partial charge >= 0.3 is 0 Å². The van der Waals surface area contributed by atoms with Crippen LogP contribution in [0.15, 0.2) is 24.3 Å². The maximum absolute atomic E-state index is 12.8.